The standard InChI is InChI=1S/C24H30N4O4S/c1-5-28-23(17(2)25-22(29)16-18-10-12-19(30-3)13-11-18)26-27-24(28)33-15-14-32-21-9-7-6-8-20(21)31-4/h6-13,17H,5,14-16H2,1-4H3,(H,25,29). The molecule has 0 radical (unpaired) electrons. The number of hydrogen-bond donors (Lipinski definition) is 1. The minimum atomic E-state index is -0.262. The molecule has 8 nitrogen and oxygen atoms in total. The molecule has 1 amide bonds. The van der Waals surface area contributed by atoms with Crippen molar-refractivity contribution in [3.05, 3.63) is 59.9 Å². The maximum absolute atomic E-state index is 12.5. The van der Waals surface area contributed by atoms with Crippen LogP contribution in [0.15, 0.2) is 53.7 Å². The highest BCUT2D eigenvalue weighted by Gasteiger charge is 2.19. The number of nitrogens with one attached hydrogen (secondary N) is 1. The fourth-order valence-electron chi connectivity index (χ4n) is 3.33. The molecule has 1 atom stereocenters. The third-order valence-corrected chi connectivity index (χ3v) is 5.92. The van der Waals surface area contributed by atoms with Crippen molar-refractivity contribution in [2.24, 2.45) is 0 Å². The Morgan fingerprint density at radius 2 is 1.79 bits per heavy atom. The summed E-state index contributed by atoms with van der Waals surface area (Å²) in [7, 11) is 3.24. The lowest BCUT2D eigenvalue weighted by Gasteiger charge is -2.15. The van der Waals surface area contributed by atoms with Crippen LogP contribution in [0.5, 0.6) is 17.2 Å². The number of amides is 1. The van der Waals surface area contributed by atoms with Crippen molar-refractivity contribution >= 4 is 17.7 Å². The molecule has 176 valence electrons. The van der Waals surface area contributed by atoms with Crippen LogP contribution in [0.25, 0.3) is 0 Å². The first kappa shape index (κ1) is 24.4. The van der Waals surface area contributed by atoms with Gasteiger partial charge in [0.2, 0.25) is 5.91 Å². The van der Waals surface area contributed by atoms with Gasteiger partial charge >= 0.3 is 0 Å². The molecule has 0 aliphatic rings. The Hall–Kier alpha value is -3.20. The van der Waals surface area contributed by atoms with E-state index in [0.717, 1.165) is 22.3 Å². The second-order valence-corrected chi connectivity index (χ2v) is 8.31. The molecule has 0 aliphatic carbocycles. The van der Waals surface area contributed by atoms with Crippen molar-refractivity contribution in [1.82, 2.24) is 20.1 Å². The zero-order valence-electron chi connectivity index (χ0n) is 19.4. The van der Waals surface area contributed by atoms with Crippen molar-refractivity contribution in [2.75, 3.05) is 26.6 Å². The van der Waals surface area contributed by atoms with Gasteiger partial charge in [0.25, 0.3) is 0 Å². The summed E-state index contributed by atoms with van der Waals surface area (Å²) in [5.41, 5.74) is 0.920. The predicted octanol–water partition coefficient (Wildman–Crippen LogP) is 3.91. The highest BCUT2D eigenvalue weighted by Crippen LogP contribution is 2.26. The van der Waals surface area contributed by atoms with Gasteiger partial charge in [0.05, 0.1) is 33.3 Å². The third kappa shape index (κ3) is 6.64. The zero-order chi connectivity index (χ0) is 23.6. The highest BCUT2D eigenvalue weighted by molar-refractivity contribution is 7.99. The molecule has 0 aliphatic heterocycles. The lowest BCUT2D eigenvalue weighted by Crippen LogP contribution is -2.30. The Bertz CT molecular complexity index is 1040. The molecule has 0 saturated heterocycles. The van der Waals surface area contributed by atoms with Gasteiger partial charge < -0.3 is 24.1 Å². The number of rotatable bonds is 12. The molecule has 3 aromatic rings. The summed E-state index contributed by atoms with van der Waals surface area (Å²) in [6.45, 7) is 5.16. The molecule has 33 heavy (non-hydrogen) atoms. The molecule has 0 bridgehead atoms. The topological polar surface area (TPSA) is 87.5 Å². The van der Waals surface area contributed by atoms with E-state index in [9.17, 15) is 4.79 Å². The van der Waals surface area contributed by atoms with Crippen LogP contribution >= 0.6 is 11.8 Å². The first-order valence-electron chi connectivity index (χ1n) is 10.8. The van der Waals surface area contributed by atoms with Gasteiger partial charge in [-0.2, -0.15) is 0 Å². The summed E-state index contributed by atoms with van der Waals surface area (Å²) in [5, 5.41) is 12.5. The number of para-hydroxylation sites is 2. The highest BCUT2D eigenvalue weighted by atomic mass is 32.2. The second kappa shape index (κ2) is 12.2. The van der Waals surface area contributed by atoms with E-state index in [4.69, 9.17) is 14.2 Å². The number of ether oxygens (including phenoxy) is 3. The summed E-state index contributed by atoms with van der Waals surface area (Å²) in [4.78, 5) is 12.5. The summed E-state index contributed by atoms with van der Waals surface area (Å²) < 4.78 is 18.3. The molecule has 3 rings (SSSR count). The predicted molar refractivity (Wildman–Crippen MR) is 128 cm³/mol. The molecule has 0 fully saturated rings. The van der Waals surface area contributed by atoms with E-state index < -0.39 is 0 Å². The fourth-order valence-corrected chi connectivity index (χ4v) is 4.16. The zero-order valence-corrected chi connectivity index (χ0v) is 20.2. The van der Waals surface area contributed by atoms with Gasteiger partial charge in [0.1, 0.15) is 5.75 Å². The van der Waals surface area contributed by atoms with Crippen LogP contribution in [0.3, 0.4) is 0 Å². The molecule has 2 aromatic carbocycles. The molecular weight excluding hydrogens is 440 g/mol. The molecule has 9 heteroatoms. The number of nitrogens with zero attached hydrogens (tertiary/aromatic N) is 3. The number of hydrogen-bond acceptors (Lipinski definition) is 7. The van der Waals surface area contributed by atoms with Gasteiger partial charge in [-0.05, 0) is 43.7 Å². The quantitative estimate of drug-likeness (QED) is 0.317. The van der Waals surface area contributed by atoms with E-state index in [1.54, 1.807) is 26.0 Å². The van der Waals surface area contributed by atoms with Crippen LogP contribution in [0, 0.1) is 0 Å². The summed E-state index contributed by atoms with van der Waals surface area (Å²) in [6.07, 6.45) is 0.288. The number of carbonyl (C=O) groups excluding carboxylic acids is 1. The first-order valence-corrected chi connectivity index (χ1v) is 11.8. The van der Waals surface area contributed by atoms with Crippen LogP contribution < -0.4 is 19.5 Å². The Labute approximate surface area is 198 Å². The van der Waals surface area contributed by atoms with E-state index in [2.05, 4.69) is 15.5 Å². The Kier molecular flexibility index (Phi) is 9.00. The second-order valence-electron chi connectivity index (χ2n) is 7.25. The number of aromatic nitrogens is 3. The third-order valence-electron chi connectivity index (χ3n) is 4.99. The molecular formula is C24H30N4O4S. The minimum absolute atomic E-state index is 0.0715. The molecule has 1 heterocycles. The lowest BCUT2D eigenvalue weighted by molar-refractivity contribution is -0.121. The summed E-state index contributed by atoms with van der Waals surface area (Å²) in [6, 6.07) is 14.8. The number of methoxy groups -OCH3 is 2. The smallest absolute Gasteiger partial charge is 0.224 e. The molecule has 1 N–H and O–H groups in total. The Morgan fingerprint density at radius 3 is 2.45 bits per heavy atom. The maximum Gasteiger partial charge on any atom is 0.224 e. The molecule has 0 spiro atoms. The van der Waals surface area contributed by atoms with E-state index >= 15 is 0 Å². The van der Waals surface area contributed by atoms with Crippen molar-refractivity contribution in [1.29, 1.82) is 0 Å². The monoisotopic (exact) mass is 470 g/mol. The van der Waals surface area contributed by atoms with E-state index in [1.165, 1.54) is 0 Å². The van der Waals surface area contributed by atoms with E-state index in [1.807, 2.05) is 66.9 Å². The van der Waals surface area contributed by atoms with Crippen LogP contribution in [0.4, 0.5) is 0 Å². The molecule has 1 aromatic heterocycles. The van der Waals surface area contributed by atoms with Gasteiger partial charge in [-0.1, -0.05) is 36.0 Å². The van der Waals surface area contributed by atoms with Gasteiger partial charge in [-0.3, -0.25) is 4.79 Å². The fraction of sp³-hybridized carbons (Fsp3) is 0.375. The summed E-state index contributed by atoms with van der Waals surface area (Å²) in [5.74, 6) is 3.55. The maximum atomic E-state index is 12.5. The van der Waals surface area contributed by atoms with E-state index in [-0.39, 0.29) is 18.4 Å². The van der Waals surface area contributed by atoms with Crippen LogP contribution in [-0.2, 0) is 17.8 Å². The normalized spacial score (nSPS) is 11.6. The van der Waals surface area contributed by atoms with Gasteiger partial charge in [-0.25, -0.2) is 0 Å². The van der Waals surface area contributed by atoms with Crippen molar-refractivity contribution in [3.63, 3.8) is 0 Å². The Balaban J connectivity index is 1.53. The largest absolute Gasteiger partial charge is 0.497 e. The SMILES string of the molecule is CCn1c(SCCOc2ccccc2OC)nnc1C(C)NC(=O)Cc1ccc(OC)cc1. The number of carbonyl (C=O) groups is 1. The van der Waals surface area contributed by atoms with Crippen LogP contribution in [0.1, 0.15) is 31.3 Å². The molecule has 1 unspecified atom stereocenters. The van der Waals surface area contributed by atoms with Crippen molar-refractivity contribution < 1.29 is 19.0 Å². The summed E-state index contributed by atoms with van der Waals surface area (Å²) >= 11 is 1.57. The van der Waals surface area contributed by atoms with E-state index in [0.29, 0.717) is 30.4 Å². The average molecular weight is 471 g/mol. The average Bonchev–Trinajstić information content (AvgIpc) is 3.25. The number of thioether (sulfide) groups is 1. The number of benzene rings is 2. The first-order chi connectivity index (χ1) is 16.0. The van der Waals surface area contributed by atoms with Crippen molar-refractivity contribution in [3.8, 4) is 17.2 Å². The van der Waals surface area contributed by atoms with Gasteiger partial charge in [0.15, 0.2) is 22.5 Å². The minimum Gasteiger partial charge on any atom is -0.497 e. The van der Waals surface area contributed by atoms with Crippen LogP contribution in [-0.4, -0.2) is 47.3 Å². The van der Waals surface area contributed by atoms with Gasteiger partial charge in [0, 0.05) is 12.3 Å². The molecule has 0 saturated carbocycles. The Morgan fingerprint density at radius 1 is 1.06 bits per heavy atom. The van der Waals surface area contributed by atoms with Gasteiger partial charge in [-0.15, -0.1) is 10.2 Å². The van der Waals surface area contributed by atoms with Crippen LogP contribution in [0.2, 0.25) is 0 Å². The van der Waals surface area contributed by atoms with Crippen molar-refractivity contribution in [2.45, 2.75) is 38.0 Å². The lowest BCUT2D eigenvalue weighted by atomic mass is 10.1.